The second-order valence-corrected chi connectivity index (χ2v) is 9.83. The molecule has 31 heavy (non-hydrogen) atoms. The van der Waals surface area contributed by atoms with Crippen LogP contribution in [0.4, 0.5) is 11.4 Å². The molecule has 3 rings (SSSR count). The number of carbonyl (C=O) groups excluding carboxylic acids is 1. The number of phenolic OH excluding ortho intramolecular Hbond substituents is 1. The van der Waals surface area contributed by atoms with Crippen LogP contribution in [0.2, 0.25) is 0 Å². The monoisotopic (exact) mass is 449 g/mol. The standard InChI is InChI=1S/C23H35N3O4S/c1-15-8-9-16-13-17(24-22(31)25-23(2,3)4)19(27)14-18(16)26(21(15)28)10-12-30-20-7-5-6-11-29-20/h13-15,20,27H,5-12H2,1-4H3,(H2,24,25,31). The molecule has 3 N–H and O–H groups in total. The first-order chi connectivity index (χ1) is 14.6. The number of aromatic hydroxyl groups is 1. The van der Waals surface area contributed by atoms with E-state index in [0.717, 1.165) is 50.0 Å². The number of hydrogen-bond donors (Lipinski definition) is 3. The van der Waals surface area contributed by atoms with E-state index in [1.807, 2.05) is 33.8 Å². The fourth-order valence-corrected chi connectivity index (χ4v) is 4.31. The molecule has 1 amide bonds. The number of hydrogen-bond acceptors (Lipinski definition) is 5. The Morgan fingerprint density at radius 3 is 2.77 bits per heavy atom. The Labute approximate surface area is 190 Å². The lowest BCUT2D eigenvalue weighted by Crippen LogP contribution is -2.43. The molecule has 172 valence electrons. The van der Waals surface area contributed by atoms with Crippen molar-refractivity contribution in [3.8, 4) is 5.75 Å². The van der Waals surface area contributed by atoms with Gasteiger partial charge in [-0.25, -0.2) is 0 Å². The van der Waals surface area contributed by atoms with Crippen LogP contribution in [0.3, 0.4) is 0 Å². The van der Waals surface area contributed by atoms with Gasteiger partial charge in [-0.2, -0.15) is 0 Å². The smallest absolute Gasteiger partial charge is 0.229 e. The Kier molecular flexibility index (Phi) is 7.78. The summed E-state index contributed by atoms with van der Waals surface area (Å²) in [7, 11) is 0. The SMILES string of the molecule is CC1CCc2cc(NC(=S)NC(C)(C)C)c(O)cc2N(CCOC2CCCCO2)C1=O. The van der Waals surface area contributed by atoms with Gasteiger partial charge in [0, 0.05) is 30.7 Å². The summed E-state index contributed by atoms with van der Waals surface area (Å²) in [4.78, 5) is 14.8. The second-order valence-electron chi connectivity index (χ2n) is 9.42. The van der Waals surface area contributed by atoms with E-state index in [-0.39, 0.29) is 29.4 Å². The molecule has 2 aliphatic heterocycles. The number of amides is 1. The molecule has 0 spiro atoms. The zero-order valence-electron chi connectivity index (χ0n) is 19.0. The van der Waals surface area contributed by atoms with Crippen LogP contribution >= 0.6 is 12.2 Å². The summed E-state index contributed by atoms with van der Waals surface area (Å²) >= 11 is 5.38. The zero-order chi connectivity index (χ0) is 22.6. The Morgan fingerprint density at radius 1 is 1.32 bits per heavy atom. The highest BCUT2D eigenvalue weighted by Gasteiger charge is 2.29. The number of benzene rings is 1. The van der Waals surface area contributed by atoms with Crippen molar-refractivity contribution in [2.45, 2.75) is 71.6 Å². The maximum Gasteiger partial charge on any atom is 0.229 e. The van der Waals surface area contributed by atoms with Gasteiger partial charge in [0.2, 0.25) is 5.91 Å². The summed E-state index contributed by atoms with van der Waals surface area (Å²) in [6.45, 7) is 9.54. The highest BCUT2D eigenvalue weighted by Crippen LogP contribution is 2.37. The van der Waals surface area contributed by atoms with Crippen molar-refractivity contribution in [3.05, 3.63) is 17.7 Å². The van der Waals surface area contributed by atoms with Crippen LogP contribution in [0, 0.1) is 5.92 Å². The predicted octanol–water partition coefficient (Wildman–Crippen LogP) is 3.94. The number of rotatable bonds is 5. The predicted molar refractivity (Wildman–Crippen MR) is 127 cm³/mol. The Bertz CT molecular complexity index is 803. The summed E-state index contributed by atoms with van der Waals surface area (Å²) in [5.74, 6) is 0.0122. The van der Waals surface area contributed by atoms with E-state index in [0.29, 0.717) is 24.0 Å². The van der Waals surface area contributed by atoms with Crippen LogP contribution in [-0.4, -0.2) is 47.7 Å². The highest BCUT2D eigenvalue weighted by molar-refractivity contribution is 7.80. The van der Waals surface area contributed by atoms with Gasteiger partial charge in [-0.1, -0.05) is 6.92 Å². The van der Waals surface area contributed by atoms with E-state index in [1.54, 1.807) is 11.0 Å². The van der Waals surface area contributed by atoms with E-state index in [2.05, 4.69) is 10.6 Å². The van der Waals surface area contributed by atoms with Crippen LogP contribution in [-0.2, 0) is 20.7 Å². The molecule has 0 radical (unpaired) electrons. The molecule has 2 atom stereocenters. The second kappa shape index (κ2) is 10.1. The van der Waals surface area contributed by atoms with Crippen molar-refractivity contribution < 1.29 is 19.4 Å². The van der Waals surface area contributed by atoms with Gasteiger partial charge in [-0.15, -0.1) is 0 Å². The lowest BCUT2D eigenvalue weighted by atomic mass is 10.0. The average Bonchev–Trinajstić information content (AvgIpc) is 2.80. The molecular weight excluding hydrogens is 414 g/mol. The maximum absolute atomic E-state index is 13.0. The highest BCUT2D eigenvalue weighted by atomic mass is 32.1. The molecule has 8 heteroatoms. The minimum absolute atomic E-state index is 0.0527. The Balaban J connectivity index is 1.76. The van der Waals surface area contributed by atoms with Gasteiger partial charge in [0.25, 0.3) is 0 Å². The molecule has 0 aliphatic carbocycles. The Morgan fingerprint density at radius 2 is 2.10 bits per heavy atom. The maximum atomic E-state index is 13.0. The number of aryl methyl sites for hydroxylation is 1. The third kappa shape index (κ3) is 6.54. The molecule has 0 saturated carbocycles. The number of thiocarbonyl (C=S) groups is 1. The van der Waals surface area contributed by atoms with Crippen molar-refractivity contribution in [3.63, 3.8) is 0 Å². The van der Waals surface area contributed by atoms with Crippen LogP contribution in [0.25, 0.3) is 0 Å². The molecular formula is C23H35N3O4S. The third-order valence-corrected chi connectivity index (χ3v) is 5.72. The largest absolute Gasteiger partial charge is 0.506 e. The molecule has 1 saturated heterocycles. The quantitative estimate of drug-likeness (QED) is 0.464. The average molecular weight is 450 g/mol. The normalized spacial score (nSPS) is 21.9. The third-order valence-electron chi connectivity index (χ3n) is 5.52. The number of carbonyl (C=O) groups is 1. The van der Waals surface area contributed by atoms with Gasteiger partial charge in [0.1, 0.15) is 5.75 Å². The molecule has 1 aromatic rings. The Hall–Kier alpha value is -1.90. The van der Waals surface area contributed by atoms with Crippen LogP contribution in [0.5, 0.6) is 5.75 Å². The van der Waals surface area contributed by atoms with Crippen molar-refractivity contribution in [2.75, 3.05) is 30.0 Å². The zero-order valence-corrected chi connectivity index (χ0v) is 19.8. The van der Waals surface area contributed by atoms with E-state index >= 15 is 0 Å². The molecule has 0 aromatic heterocycles. The summed E-state index contributed by atoms with van der Waals surface area (Å²) in [6.07, 6.45) is 4.37. The molecule has 1 aromatic carbocycles. The summed E-state index contributed by atoms with van der Waals surface area (Å²) in [5.41, 5.74) is 2.09. The lowest BCUT2D eigenvalue weighted by Gasteiger charge is -2.28. The van der Waals surface area contributed by atoms with Crippen LogP contribution < -0.4 is 15.5 Å². The van der Waals surface area contributed by atoms with Gasteiger partial charge in [-0.05, 0) is 76.7 Å². The fraction of sp³-hybridized carbons (Fsp3) is 0.652. The first-order valence-electron chi connectivity index (χ1n) is 11.1. The van der Waals surface area contributed by atoms with Crippen LogP contribution in [0.15, 0.2) is 12.1 Å². The number of nitrogens with one attached hydrogen (secondary N) is 2. The number of fused-ring (bicyclic) bond motifs is 1. The molecule has 2 aliphatic rings. The van der Waals surface area contributed by atoms with Crippen LogP contribution in [0.1, 0.15) is 58.9 Å². The first-order valence-corrected chi connectivity index (χ1v) is 11.5. The number of ether oxygens (including phenoxy) is 2. The summed E-state index contributed by atoms with van der Waals surface area (Å²) in [5, 5.41) is 17.4. The molecule has 2 heterocycles. The minimum Gasteiger partial charge on any atom is -0.506 e. The first kappa shape index (κ1) is 23.8. The molecule has 1 fully saturated rings. The van der Waals surface area contributed by atoms with Gasteiger partial charge in [-0.3, -0.25) is 4.79 Å². The van der Waals surface area contributed by atoms with Gasteiger partial charge in [0.15, 0.2) is 11.4 Å². The van der Waals surface area contributed by atoms with E-state index in [9.17, 15) is 9.90 Å². The topological polar surface area (TPSA) is 83.1 Å². The molecule has 0 bridgehead atoms. The van der Waals surface area contributed by atoms with Crippen molar-refractivity contribution in [1.29, 1.82) is 0 Å². The number of nitrogens with zero attached hydrogens (tertiary/aromatic N) is 1. The molecule has 7 nitrogen and oxygen atoms in total. The summed E-state index contributed by atoms with van der Waals surface area (Å²) in [6, 6.07) is 3.55. The van der Waals surface area contributed by atoms with Gasteiger partial charge < -0.3 is 30.1 Å². The lowest BCUT2D eigenvalue weighted by molar-refractivity contribution is -0.161. The minimum atomic E-state index is -0.191. The number of phenols is 1. The van der Waals surface area contributed by atoms with Crippen molar-refractivity contribution in [1.82, 2.24) is 5.32 Å². The van der Waals surface area contributed by atoms with E-state index in [4.69, 9.17) is 21.7 Å². The van der Waals surface area contributed by atoms with E-state index < -0.39 is 0 Å². The van der Waals surface area contributed by atoms with Gasteiger partial charge in [0.05, 0.1) is 18.0 Å². The van der Waals surface area contributed by atoms with E-state index in [1.165, 1.54) is 0 Å². The summed E-state index contributed by atoms with van der Waals surface area (Å²) < 4.78 is 11.5. The fourth-order valence-electron chi connectivity index (χ4n) is 3.90. The van der Waals surface area contributed by atoms with Crippen molar-refractivity contribution >= 4 is 34.6 Å². The van der Waals surface area contributed by atoms with Crippen molar-refractivity contribution in [2.24, 2.45) is 5.92 Å². The molecule has 2 unspecified atom stereocenters. The van der Waals surface area contributed by atoms with Gasteiger partial charge >= 0.3 is 0 Å². The number of anilines is 2.